The molecule has 0 aromatic carbocycles. The van der Waals surface area contributed by atoms with E-state index in [9.17, 15) is 4.79 Å². The van der Waals surface area contributed by atoms with Crippen LogP contribution in [0, 0.1) is 0 Å². The molecule has 0 aliphatic carbocycles. The lowest BCUT2D eigenvalue weighted by Crippen LogP contribution is -2.23. The Kier molecular flexibility index (Phi) is 7.11. The fraction of sp³-hybridized carbons (Fsp3) is 0.636. The van der Waals surface area contributed by atoms with Crippen LogP contribution in [-0.4, -0.2) is 48.8 Å². The van der Waals surface area contributed by atoms with Crippen molar-refractivity contribution < 1.29 is 4.79 Å². The number of carbonyl (C=O) groups is 1. The number of nitrogens with zero attached hydrogens (tertiary/aromatic N) is 2. The fourth-order valence-corrected chi connectivity index (χ4v) is 2.43. The third kappa shape index (κ3) is 5.20. The summed E-state index contributed by atoms with van der Waals surface area (Å²) in [6.45, 7) is 2.57. The molecule has 0 atom stereocenters. The van der Waals surface area contributed by atoms with E-state index in [1.807, 2.05) is 14.1 Å². The van der Waals surface area contributed by atoms with Gasteiger partial charge in [0, 0.05) is 13.0 Å². The highest BCUT2D eigenvalue weighted by molar-refractivity contribution is 7.11. The molecule has 1 aromatic heterocycles. The van der Waals surface area contributed by atoms with Crippen LogP contribution >= 0.6 is 34.7 Å². The Morgan fingerprint density at radius 3 is 2.67 bits per heavy atom. The van der Waals surface area contributed by atoms with Crippen LogP contribution in [0.3, 0.4) is 0 Å². The second-order valence-corrected chi connectivity index (χ2v) is 5.95. The molecule has 1 heterocycles. The van der Waals surface area contributed by atoms with E-state index in [1.54, 1.807) is 0 Å². The lowest BCUT2D eigenvalue weighted by Gasteiger charge is -2.09. The van der Waals surface area contributed by atoms with Crippen LogP contribution in [0.1, 0.15) is 23.3 Å². The summed E-state index contributed by atoms with van der Waals surface area (Å²) < 4.78 is 4.32. The highest BCUT2D eigenvalue weighted by Gasteiger charge is 2.16. The summed E-state index contributed by atoms with van der Waals surface area (Å²) in [6, 6.07) is 0. The summed E-state index contributed by atoms with van der Waals surface area (Å²) in [5.41, 5.74) is 0.293. The zero-order valence-corrected chi connectivity index (χ0v) is 12.8. The molecule has 0 amide bonds. The highest BCUT2D eigenvalue weighted by Crippen LogP contribution is 2.29. The number of nitrogens with one attached hydrogen (secondary N) is 1. The largest absolute Gasteiger partial charge is 0.316 e. The minimum absolute atomic E-state index is 0.0664. The zero-order valence-electron chi connectivity index (χ0n) is 10.5. The average Bonchev–Trinajstić information content (AvgIpc) is 2.64. The normalized spacial score (nSPS) is 11.2. The van der Waals surface area contributed by atoms with Gasteiger partial charge in [-0.3, -0.25) is 4.79 Å². The maximum absolute atomic E-state index is 11.8. The number of aromatic nitrogens is 1. The number of Topliss-reactive ketones (excluding diaryl/α,β-unsaturated/α-hetero) is 1. The average molecular weight is 310 g/mol. The number of hydrogen-bond donors (Lipinski definition) is 1. The molecule has 0 fully saturated rings. The summed E-state index contributed by atoms with van der Waals surface area (Å²) >= 11 is 12.7. The van der Waals surface area contributed by atoms with Gasteiger partial charge in [0.2, 0.25) is 0 Å². The summed E-state index contributed by atoms with van der Waals surface area (Å²) in [5.74, 6) is -0.0664. The number of ketones is 1. The summed E-state index contributed by atoms with van der Waals surface area (Å²) in [6.07, 6.45) is 1.45. The topological polar surface area (TPSA) is 45.2 Å². The highest BCUT2D eigenvalue weighted by atomic mass is 35.5. The molecule has 0 unspecified atom stereocenters. The lowest BCUT2D eigenvalue weighted by molar-refractivity contribution is 0.0979. The van der Waals surface area contributed by atoms with Gasteiger partial charge in [-0.2, -0.15) is 4.37 Å². The molecule has 0 saturated carbocycles. The van der Waals surface area contributed by atoms with Crippen LogP contribution < -0.4 is 5.32 Å². The minimum Gasteiger partial charge on any atom is -0.316 e. The molecule has 18 heavy (non-hydrogen) atoms. The maximum Gasteiger partial charge on any atom is 0.185 e. The maximum atomic E-state index is 11.8. The predicted molar refractivity (Wildman–Crippen MR) is 77.1 cm³/mol. The van der Waals surface area contributed by atoms with Crippen molar-refractivity contribution in [2.24, 2.45) is 0 Å². The van der Waals surface area contributed by atoms with Crippen molar-refractivity contribution in [1.82, 2.24) is 14.6 Å². The molecule has 1 aromatic rings. The molecule has 102 valence electrons. The van der Waals surface area contributed by atoms with Crippen molar-refractivity contribution in [3.63, 3.8) is 0 Å². The van der Waals surface area contributed by atoms with E-state index in [2.05, 4.69) is 14.6 Å². The third-order valence-corrected chi connectivity index (χ3v) is 3.96. The summed E-state index contributed by atoms with van der Waals surface area (Å²) in [4.78, 5) is 13.9. The zero-order chi connectivity index (χ0) is 13.5. The monoisotopic (exact) mass is 309 g/mol. The molecule has 0 spiro atoms. The Hall–Kier alpha value is -0.200. The number of rotatable bonds is 8. The van der Waals surface area contributed by atoms with E-state index in [0.717, 1.165) is 31.0 Å². The van der Waals surface area contributed by atoms with Gasteiger partial charge in [0.1, 0.15) is 15.1 Å². The standard InChI is InChI=1S/C11H17Cl2N3OS/c1-16(2)7-3-5-14-6-4-8(17)10-9(12)11(13)18-15-10/h14H,3-7H2,1-2H3. The van der Waals surface area contributed by atoms with Gasteiger partial charge in [0.05, 0.1) is 0 Å². The van der Waals surface area contributed by atoms with E-state index in [4.69, 9.17) is 23.2 Å². The van der Waals surface area contributed by atoms with Crippen LogP contribution in [0.15, 0.2) is 0 Å². The van der Waals surface area contributed by atoms with E-state index in [-0.39, 0.29) is 10.8 Å². The second-order valence-electron chi connectivity index (χ2n) is 4.20. The molecule has 0 saturated heterocycles. The first kappa shape index (κ1) is 15.9. The third-order valence-electron chi connectivity index (χ3n) is 2.35. The van der Waals surface area contributed by atoms with E-state index >= 15 is 0 Å². The SMILES string of the molecule is CN(C)CCCNCCC(=O)c1nsc(Cl)c1Cl. The van der Waals surface area contributed by atoms with Gasteiger partial charge in [-0.15, -0.1) is 0 Å². The van der Waals surface area contributed by atoms with Crippen LogP contribution in [0.25, 0.3) is 0 Å². The first-order valence-corrected chi connectivity index (χ1v) is 7.24. The fourth-order valence-electron chi connectivity index (χ4n) is 1.40. The molecule has 7 heteroatoms. The van der Waals surface area contributed by atoms with Crippen molar-refractivity contribution in [2.75, 3.05) is 33.7 Å². The van der Waals surface area contributed by atoms with Gasteiger partial charge in [-0.1, -0.05) is 23.2 Å². The van der Waals surface area contributed by atoms with E-state index in [1.165, 1.54) is 0 Å². The molecular weight excluding hydrogens is 293 g/mol. The molecule has 0 radical (unpaired) electrons. The van der Waals surface area contributed by atoms with Crippen LogP contribution in [-0.2, 0) is 0 Å². The Labute approximate surface area is 121 Å². The van der Waals surface area contributed by atoms with E-state index in [0.29, 0.717) is 23.0 Å². The van der Waals surface area contributed by atoms with Crippen molar-refractivity contribution in [2.45, 2.75) is 12.8 Å². The Morgan fingerprint density at radius 2 is 2.11 bits per heavy atom. The first-order chi connectivity index (χ1) is 8.52. The lowest BCUT2D eigenvalue weighted by atomic mass is 10.2. The second kappa shape index (κ2) is 8.07. The minimum atomic E-state index is -0.0664. The summed E-state index contributed by atoms with van der Waals surface area (Å²) in [7, 11) is 4.08. The quantitative estimate of drug-likeness (QED) is 0.592. The first-order valence-electron chi connectivity index (χ1n) is 5.71. The van der Waals surface area contributed by atoms with Gasteiger partial charge >= 0.3 is 0 Å². The number of hydrogen-bond acceptors (Lipinski definition) is 5. The Balaban J connectivity index is 2.20. The molecule has 0 aliphatic heterocycles. The van der Waals surface area contributed by atoms with Gasteiger partial charge in [0.15, 0.2) is 5.78 Å². The Bertz CT molecular complexity index is 396. The predicted octanol–water partition coefficient (Wildman–Crippen LogP) is 2.56. The molecule has 1 N–H and O–H groups in total. The molecule has 1 rings (SSSR count). The van der Waals surface area contributed by atoms with Gasteiger partial charge in [-0.25, -0.2) is 0 Å². The van der Waals surface area contributed by atoms with Crippen molar-refractivity contribution in [1.29, 1.82) is 0 Å². The van der Waals surface area contributed by atoms with Gasteiger partial charge < -0.3 is 10.2 Å². The van der Waals surface area contributed by atoms with Crippen LogP contribution in [0.2, 0.25) is 9.36 Å². The molecule has 4 nitrogen and oxygen atoms in total. The van der Waals surface area contributed by atoms with Crippen molar-refractivity contribution >= 4 is 40.5 Å². The smallest absolute Gasteiger partial charge is 0.185 e. The number of carbonyl (C=O) groups excluding carboxylic acids is 1. The Morgan fingerprint density at radius 1 is 1.39 bits per heavy atom. The summed E-state index contributed by atoms with van der Waals surface area (Å²) in [5, 5.41) is 3.50. The van der Waals surface area contributed by atoms with Crippen molar-refractivity contribution in [3.8, 4) is 0 Å². The number of halogens is 2. The van der Waals surface area contributed by atoms with Crippen LogP contribution in [0.5, 0.6) is 0 Å². The van der Waals surface area contributed by atoms with Gasteiger partial charge in [-0.05, 0) is 45.1 Å². The molecule has 0 bridgehead atoms. The van der Waals surface area contributed by atoms with Crippen molar-refractivity contribution in [3.05, 3.63) is 15.1 Å². The van der Waals surface area contributed by atoms with E-state index < -0.39 is 0 Å². The van der Waals surface area contributed by atoms with Gasteiger partial charge in [0.25, 0.3) is 0 Å². The molecular formula is C11H17Cl2N3OS. The van der Waals surface area contributed by atoms with Crippen LogP contribution in [0.4, 0.5) is 0 Å². The molecule has 0 aliphatic rings.